The number of carbonyl (C=O) groups is 1. The van der Waals surface area contributed by atoms with E-state index in [1.54, 1.807) is 0 Å². The van der Waals surface area contributed by atoms with Crippen molar-refractivity contribution in [3.63, 3.8) is 0 Å². The molecule has 1 aliphatic rings. The third kappa shape index (κ3) is 5.07. The minimum atomic E-state index is -0.104. The molecule has 0 radical (unpaired) electrons. The first-order valence-corrected chi connectivity index (χ1v) is 6.70. The van der Waals surface area contributed by atoms with E-state index < -0.39 is 0 Å². The summed E-state index contributed by atoms with van der Waals surface area (Å²) < 4.78 is 5.17. The maximum absolute atomic E-state index is 11.6. The first-order chi connectivity index (χ1) is 7.80. The molecule has 0 heterocycles. The lowest BCUT2D eigenvalue weighted by atomic mass is 9.75. The summed E-state index contributed by atoms with van der Waals surface area (Å²) in [7, 11) is 2.03. The average Bonchev–Trinajstić information content (AvgIpc) is 2.15. The maximum Gasteiger partial charge on any atom is 0.320 e. The molecule has 0 bridgehead atoms. The Bertz CT molecular complexity index is 251. The number of hydrogen-bond acceptors (Lipinski definition) is 3. The van der Waals surface area contributed by atoms with Crippen molar-refractivity contribution in [3.8, 4) is 0 Å². The second-order valence-corrected chi connectivity index (χ2v) is 6.35. The lowest BCUT2D eigenvalue weighted by Gasteiger charge is -2.38. The predicted molar refractivity (Wildman–Crippen MR) is 69.9 cm³/mol. The largest absolute Gasteiger partial charge is 0.462 e. The van der Waals surface area contributed by atoms with Gasteiger partial charge in [-0.15, -0.1) is 0 Å². The van der Waals surface area contributed by atoms with Crippen LogP contribution in [0.3, 0.4) is 0 Å². The molecule has 0 aromatic carbocycles. The van der Waals surface area contributed by atoms with E-state index in [-0.39, 0.29) is 12.1 Å². The normalized spacial score (nSPS) is 20.9. The van der Waals surface area contributed by atoms with Crippen molar-refractivity contribution in [1.82, 2.24) is 4.90 Å². The number of ether oxygens (including phenoxy) is 1. The van der Waals surface area contributed by atoms with Crippen molar-refractivity contribution in [2.24, 2.45) is 5.41 Å². The SMILES string of the molecule is CC(C)OC(=O)CN(C)C1CCC(C)(C)CC1. The van der Waals surface area contributed by atoms with Gasteiger partial charge in [-0.05, 0) is 52.0 Å². The molecule has 0 spiro atoms. The second-order valence-electron chi connectivity index (χ2n) is 6.35. The van der Waals surface area contributed by atoms with Crippen LogP contribution in [0, 0.1) is 5.41 Å². The third-order valence-electron chi connectivity index (χ3n) is 3.68. The monoisotopic (exact) mass is 241 g/mol. The minimum Gasteiger partial charge on any atom is -0.462 e. The van der Waals surface area contributed by atoms with Gasteiger partial charge < -0.3 is 4.74 Å². The van der Waals surface area contributed by atoms with Crippen LogP contribution < -0.4 is 0 Å². The molecule has 1 aliphatic carbocycles. The molecular weight excluding hydrogens is 214 g/mol. The van der Waals surface area contributed by atoms with Gasteiger partial charge in [-0.25, -0.2) is 0 Å². The minimum absolute atomic E-state index is 0.0128. The van der Waals surface area contributed by atoms with Gasteiger partial charge in [0.05, 0.1) is 12.6 Å². The molecule has 3 nitrogen and oxygen atoms in total. The van der Waals surface area contributed by atoms with Gasteiger partial charge >= 0.3 is 5.97 Å². The van der Waals surface area contributed by atoms with Crippen LogP contribution in [0.15, 0.2) is 0 Å². The summed E-state index contributed by atoms with van der Waals surface area (Å²) in [5, 5.41) is 0. The van der Waals surface area contributed by atoms with Crippen LogP contribution in [0.25, 0.3) is 0 Å². The van der Waals surface area contributed by atoms with Crippen LogP contribution in [0.4, 0.5) is 0 Å². The molecule has 17 heavy (non-hydrogen) atoms. The van der Waals surface area contributed by atoms with Crippen LogP contribution in [0.5, 0.6) is 0 Å². The predicted octanol–water partition coefficient (Wildman–Crippen LogP) is 2.84. The molecule has 0 aliphatic heterocycles. The Kier molecular flexibility index (Phi) is 4.99. The van der Waals surface area contributed by atoms with Gasteiger partial charge in [-0.3, -0.25) is 9.69 Å². The van der Waals surface area contributed by atoms with Gasteiger partial charge in [0, 0.05) is 6.04 Å². The highest BCUT2D eigenvalue weighted by Gasteiger charge is 2.29. The lowest BCUT2D eigenvalue weighted by molar-refractivity contribution is -0.149. The maximum atomic E-state index is 11.6. The number of carbonyl (C=O) groups excluding carboxylic acids is 1. The highest BCUT2D eigenvalue weighted by atomic mass is 16.5. The topological polar surface area (TPSA) is 29.5 Å². The quantitative estimate of drug-likeness (QED) is 0.709. The van der Waals surface area contributed by atoms with Crippen molar-refractivity contribution < 1.29 is 9.53 Å². The Hall–Kier alpha value is -0.570. The van der Waals surface area contributed by atoms with E-state index in [4.69, 9.17) is 4.74 Å². The molecule has 0 amide bonds. The molecule has 1 fully saturated rings. The fourth-order valence-electron chi connectivity index (χ4n) is 2.46. The van der Waals surface area contributed by atoms with Crippen molar-refractivity contribution in [2.75, 3.05) is 13.6 Å². The lowest BCUT2D eigenvalue weighted by Crippen LogP contribution is -2.40. The zero-order chi connectivity index (χ0) is 13.1. The molecule has 0 N–H and O–H groups in total. The van der Waals surface area contributed by atoms with Gasteiger partial charge in [0.25, 0.3) is 0 Å². The third-order valence-corrected chi connectivity index (χ3v) is 3.68. The van der Waals surface area contributed by atoms with E-state index in [1.165, 1.54) is 25.7 Å². The standard InChI is InChI=1S/C14H27NO2/c1-11(2)17-13(16)10-15(5)12-6-8-14(3,4)9-7-12/h11-12H,6-10H2,1-5H3. The summed E-state index contributed by atoms with van der Waals surface area (Å²) in [6.45, 7) is 8.86. The van der Waals surface area contributed by atoms with Gasteiger partial charge in [-0.2, -0.15) is 0 Å². The molecule has 0 unspecified atom stereocenters. The molecule has 0 saturated heterocycles. The summed E-state index contributed by atoms with van der Waals surface area (Å²) in [6, 6.07) is 0.544. The van der Waals surface area contributed by atoms with E-state index in [2.05, 4.69) is 18.7 Å². The van der Waals surface area contributed by atoms with E-state index in [1.807, 2.05) is 20.9 Å². The smallest absolute Gasteiger partial charge is 0.320 e. The number of likely N-dealkylation sites (N-methyl/N-ethyl adjacent to an activating group) is 1. The Morgan fingerprint density at radius 2 is 1.88 bits per heavy atom. The van der Waals surface area contributed by atoms with Crippen LogP contribution in [0.1, 0.15) is 53.4 Å². The number of nitrogens with zero attached hydrogens (tertiary/aromatic N) is 1. The van der Waals surface area contributed by atoms with Crippen LogP contribution >= 0.6 is 0 Å². The van der Waals surface area contributed by atoms with Crippen molar-refractivity contribution >= 4 is 5.97 Å². The summed E-state index contributed by atoms with van der Waals surface area (Å²) in [4.78, 5) is 13.7. The Labute approximate surface area is 106 Å². The molecule has 3 heteroatoms. The molecule has 0 atom stereocenters. The van der Waals surface area contributed by atoms with Crippen molar-refractivity contribution in [2.45, 2.75) is 65.5 Å². The fourth-order valence-corrected chi connectivity index (χ4v) is 2.46. The Morgan fingerprint density at radius 3 is 2.35 bits per heavy atom. The van der Waals surface area contributed by atoms with Crippen LogP contribution in [-0.2, 0) is 9.53 Å². The summed E-state index contributed by atoms with van der Waals surface area (Å²) in [6.07, 6.45) is 4.88. The first kappa shape index (κ1) is 14.5. The second kappa shape index (κ2) is 5.85. The average molecular weight is 241 g/mol. The fraction of sp³-hybridized carbons (Fsp3) is 0.929. The molecule has 100 valence electrons. The van der Waals surface area contributed by atoms with Crippen LogP contribution in [-0.4, -0.2) is 36.6 Å². The summed E-state index contributed by atoms with van der Waals surface area (Å²) >= 11 is 0. The molecule has 1 rings (SSSR count). The number of esters is 1. The van der Waals surface area contributed by atoms with E-state index in [0.717, 1.165) is 0 Å². The molecular formula is C14H27NO2. The zero-order valence-electron chi connectivity index (χ0n) is 12.0. The van der Waals surface area contributed by atoms with E-state index in [0.29, 0.717) is 18.0 Å². The van der Waals surface area contributed by atoms with Gasteiger partial charge in [0.2, 0.25) is 0 Å². The summed E-state index contributed by atoms with van der Waals surface area (Å²) in [5.74, 6) is -0.104. The molecule has 0 aromatic rings. The highest BCUT2D eigenvalue weighted by molar-refractivity contribution is 5.71. The Balaban J connectivity index is 2.34. The van der Waals surface area contributed by atoms with Gasteiger partial charge in [0.15, 0.2) is 0 Å². The van der Waals surface area contributed by atoms with E-state index >= 15 is 0 Å². The molecule has 0 aromatic heterocycles. The van der Waals surface area contributed by atoms with Crippen molar-refractivity contribution in [3.05, 3.63) is 0 Å². The zero-order valence-corrected chi connectivity index (χ0v) is 12.0. The first-order valence-electron chi connectivity index (χ1n) is 6.70. The van der Waals surface area contributed by atoms with Crippen LogP contribution in [0.2, 0.25) is 0 Å². The van der Waals surface area contributed by atoms with Crippen molar-refractivity contribution in [1.29, 1.82) is 0 Å². The number of hydrogen-bond donors (Lipinski definition) is 0. The number of rotatable bonds is 4. The van der Waals surface area contributed by atoms with Gasteiger partial charge in [-0.1, -0.05) is 13.8 Å². The Morgan fingerprint density at radius 1 is 1.35 bits per heavy atom. The molecule has 1 saturated carbocycles. The highest BCUT2D eigenvalue weighted by Crippen LogP contribution is 2.36. The summed E-state index contributed by atoms with van der Waals surface area (Å²) in [5.41, 5.74) is 0.482. The van der Waals surface area contributed by atoms with E-state index in [9.17, 15) is 4.79 Å². The van der Waals surface area contributed by atoms with Gasteiger partial charge in [0.1, 0.15) is 0 Å².